The van der Waals surface area contributed by atoms with Gasteiger partial charge in [0.05, 0.1) is 35.7 Å². The van der Waals surface area contributed by atoms with E-state index < -0.39 is 5.67 Å². The van der Waals surface area contributed by atoms with Crippen LogP contribution in [0.1, 0.15) is 62.2 Å². The minimum atomic E-state index is -1.66. The van der Waals surface area contributed by atoms with Crippen molar-refractivity contribution in [2.45, 2.75) is 70.8 Å². The summed E-state index contributed by atoms with van der Waals surface area (Å²) in [5.41, 5.74) is 1.94. The quantitative estimate of drug-likeness (QED) is 0.523. The third kappa shape index (κ3) is 4.71. The number of ether oxygens (including phenoxy) is 1. The summed E-state index contributed by atoms with van der Waals surface area (Å²) < 4.78 is 21.8. The van der Waals surface area contributed by atoms with Gasteiger partial charge >= 0.3 is 0 Å². The molecular weight excluding hydrogens is 485 g/mol. The molecule has 2 saturated heterocycles. The zero-order valence-electron chi connectivity index (χ0n) is 22.7. The van der Waals surface area contributed by atoms with Crippen molar-refractivity contribution >= 4 is 17.3 Å². The molecule has 38 heavy (non-hydrogen) atoms. The number of fused-ring (bicyclic) bond motifs is 2. The summed E-state index contributed by atoms with van der Waals surface area (Å²) >= 11 is 0. The molecule has 0 saturated carbocycles. The summed E-state index contributed by atoms with van der Waals surface area (Å²) in [7, 11) is 1.66. The van der Waals surface area contributed by atoms with Crippen molar-refractivity contribution in [3.05, 3.63) is 69.8 Å². The topological polar surface area (TPSA) is 89.4 Å². The Morgan fingerprint density at radius 2 is 1.95 bits per heavy atom. The average Bonchev–Trinajstić information content (AvgIpc) is 3.23. The van der Waals surface area contributed by atoms with Crippen LogP contribution in [0, 0.1) is 6.92 Å². The van der Waals surface area contributed by atoms with Crippen molar-refractivity contribution in [2.75, 3.05) is 16.8 Å². The molecule has 200 valence electrons. The van der Waals surface area contributed by atoms with Gasteiger partial charge in [-0.05, 0) is 83.4 Å². The molecule has 2 bridgehead atoms. The standard InChI is InChI=1S/C29H34FN5O3/c1-17-7-8-19(32-26(36)18-11-12-31-24(13-18)28(2,3)30)14-21(17)22-15-23(27(37)34(6)33-22)35-20-9-10-25(35)29(4,5)38-16-20/h7-8,11-15,20,25H,9-10,16H2,1-6H3,(H,32,36). The van der Waals surface area contributed by atoms with Crippen molar-refractivity contribution < 1.29 is 13.9 Å². The number of benzene rings is 1. The van der Waals surface area contributed by atoms with Crippen LogP contribution in [0.3, 0.4) is 0 Å². The highest BCUT2D eigenvalue weighted by molar-refractivity contribution is 6.04. The molecule has 2 fully saturated rings. The number of halogens is 1. The summed E-state index contributed by atoms with van der Waals surface area (Å²) in [6, 6.07) is 10.7. The first-order chi connectivity index (χ1) is 17.8. The third-order valence-corrected chi connectivity index (χ3v) is 7.68. The summed E-state index contributed by atoms with van der Waals surface area (Å²) in [6.07, 6.45) is 3.38. The summed E-state index contributed by atoms with van der Waals surface area (Å²) in [6.45, 7) is 9.52. The second kappa shape index (κ2) is 9.31. The zero-order chi connectivity index (χ0) is 27.4. The van der Waals surface area contributed by atoms with Crippen LogP contribution in [0.15, 0.2) is 47.4 Å². The number of amides is 1. The maximum absolute atomic E-state index is 14.4. The number of aromatic nitrogens is 3. The lowest BCUT2D eigenvalue weighted by Crippen LogP contribution is -2.57. The normalized spacial score (nSPS) is 20.4. The SMILES string of the molecule is Cc1ccc(NC(=O)c2ccnc(C(C)(C)F)c2)cc1-c1cc(N2C3CCC2C(C)(C)OC3)c(=O)n(C)n1. The van der Waals surface area contributed by atoms with Gasteiger partial charge in [-0.15, -0.1) is 0 Å². The van der Waals surface area contributed by atoms with E-state index in [4.69, 9.17) is 4.74 Å². The minimum Gasteiger partial charge on any atom is -0.371 e. The number of carbonyl (C=O) groups excluding carboxylic acids is 1. The molecule has 2 aromatic heterocycles. The molecule has 0 spiro atoms. The Morgan fingerprint density at radius 1 is 1.18 bits per heavy atom. The molecule has 4 heterocycles. The third-order valence-electron chi connectivity index (χ3n) is 7.68. The van der Waals surface area contributed by atoms with E-state index in [1.807, 2.05) is 31.2 Å². The van der Waals surface area contributed by atoms with E-state index in [0.29, 0.717) is 29.2 Å². The Morgan fingerprint density at radius 3 is 2.68 bits per heavy atom. The molecule has 2 aliphatic rings. The molecule has 0 aliphatic carbocycles. The lowest BCUT2D eigenvalue weighted by atomic mass is 9.95. The van der Waals surface area contributed by atoms with Gasteiger partial charge in [0.1, 0.15) is 11.4 Å². The molecule has 8 nitrogen and oxygen atoms in total. The minimum absolute atomic E-state index is 0.107. The van der Waals surface area contributed by atoms with E-state index in [1.165, 1.54) is 30.8 Å². The monoisotopic (exact) mass is 519 g/mol. The average molecular weight is 520 g/mol. The van der Waals surface area contributed by atoms with Crippen LogP contribution in [0.4, 0.5) is 15.8 Å². The first-order valence-electron chi connectivity index (χ1n) is 12.9. The van der Waals surface area contributed by atoms with E-state index in [0.717, 1.165) is 24.0 Å². The number of hydrogen-bond donors (Lipinski definition) is 1. The highest BCUT2D eigenvalue weighted by Gasteiger charge is 2.48. The van der Waals surface area contributed by atoms with Crippen LogP contribution < -0.4 is 15.8 Å². The zero-order valence-corrected chi connectivity index (χ0v) is 22.7. The van der Waals surface area contributed by atoms with Crippen LogP contribution in [-0.2, 0) is 17.5 Å². The van der Waals surface area contributed by atoms with Crippen molar-refractivity contribution in [2.24, 2.45) is 7.05 Å². The largest absolute Gasteiger partial charge is 0.371 e. The van der Waals surface area contributed by atoms with Gasteiger partial charge < -0.3 is 15.0 Å². The molecule has 1 aromatic carbocycles. The van der Waals surface area contributed by atoms with Crippen molar-refractivity contribution in [3.8, 4) is 11.3 Å². The number of hydrogen-bond acceptors (Lipinski definition) is 6. The number of morpholine rings is 1. The van der Waals surface area contributed by atoms with Gasteiger partial charge in [0.25, 0.3) is 11.5 Å². The number of rotatable bonds is 5. The number of alkyl halides is 1. The highest BCUT2D eigenvalue weighted by Crippen LogP contribution is 2.41. The van der Waals surface area contributed by atoms with Crippen molar-refractivity contribution in [1.82, 2.24) is 14.8 Å². The first-order valence-corrected chi connectivity index (χ1v) is 12.9. The fourth-order valence-corrected chi connectivity index (χ4v) is 5.49. The number of aryl methyl sites for hydroxylation is 2. The Hall–Kier alpha value is -3.59. The van der Waals surface area contributed by atoms with Crippen molar-refractivity contribution in [3.63, 3.8) is 0 Å². The molecule has 3 aromatic rings. The fourth-order valence-electron chi connectivity index (χ4n) is 5.49. The molecule has 5 rings (SSSR count). The van der Waals surface area contributed by atoms with Gasteiger partial charge in [0.15, 0.2) is 0 Å². The predicted octanol–water partition coefficient (Wildman–Crippen LogP) is 4.75. The lowest BCUT2D eigenvalue weighted by molar-refractivity contribution is -0.0561. The van der Waals surface area contributed by atoms with Gasteiger partial charge in [0, 0.05) is 30.1 Å². The van der Waals surface area contributed by atoms with Gasteiger partial charge in [-0.1, -0.05) is 6.07 Å². The Balaban J connectivity index is 1.49. The molecule has 1 N–H and O–H groups in total. The maximum Gasteiger partial charge on any atom is 0.290 e. The van der Waals surface area contributed by atoms with Crippen LogP contribution in [0.5, 0.6) is 0 Å². The van der Waals surface area contributed by atoms with Gasteiger partial charge in [-0.3, -0.25) is 14.6 Å². The van der Waals surface area contributed by atoms with Crippen LogP contribution in [0.25, 0.3) is 11.3 Å². The van der Waals surface area contributed by atoms with Gasteiger partial charge in [-0.25, -0.2) is 9.07 Å². The summed E-state index contributed by atoms with van der Waals surface area (Å²) in [4.78, 5) is 32.5. The Labute approximate surface area is 221 Å². The predicted molar refractivity (Wildman–Crippen MR) is 145 cm³/mol. The number of carbonyl (C=O) groups is 1. The number of nitrogens with zero attached hydrogens (tertiary/aromatic N) is 4. The maximum atomic E-state index is 14.4. The van der Waals surface area contributed by atoms with Crippen LogP contribution >= 0.6 is 0 Å². The summed E-state index contributed by atoms with van der Waals surface area (Å²) in [5, 5.41) is 7.47. The molecule has 9 heteroatoms. The van der Waals surface area contributed by atoms with E-state index >= 15 is 0 Å². The van der Waals surface area contributed by atoms with Gasteiger partial charge in [-0.2, -0.15) is 5.10 Å². The van der Waals surface area contributed by atoms with E-state index in [1.54, 1.807) is 13.1 Å². The number of pyridine rings is 1. The number of nitrogens with one attached hydrogen (secondary N) is 1. The molecule has 1 amide bonds. The van der Waals surface area contributed by atoms with E-state index in [9.17, 15) is 14.0 Å². The molecule has 0 radical (unpaired) electrons. The first kappa shape index (κ1) is 26.0. The van der Waals surface area contributed by atoms with Crippen LogP contribution in [-0.4, -0.2) is 45.0 Å². The molecule has 2 unspecified atom stereocenters. The van der Waals surface area contributed by atoms with E-state index in [2.05, 4.69) is 34.1 Å². The van der Waals surface area contributed by atoms with E-state index in [-0.39, 0.29) is 34.8 Å². The molecular formula is C29H34FN5O3. The highest BCUT2D eigenvalue weighted by atomic mass is 19.1. The van der Waals surface area contributed by atoms with Gasteiger partial charge in [0.2, 0.25) is 0 Å². The summed E-state index contributed by atoms with van der Waals surface area (Å²) in [5.74, 6) is -0.367. The number of anilines is 2. The molecule has 2 aliphatic heterocycles. The smallest absolute Gasteiger partial charge is 0.290 e. The Kier molecular flexibility index (Phi) is 6.38. The molecule has 2 atom stereocenters. The lowest BCUT2D eigenvalue weighted by Gasteiger charge is -2.45. The van der Waals surface area contributed by atoms with Crippen molar-refractivity contribution in [1.29, 1.82) is 0 Å². The second-order valence-electron chi connectivity index (χ2n) is 11.3. The second-order valence-corrected chi connectivity index (χ2v) is 11.3. The fraction of sp³-hybridized carbons (Fsp3) is 0.448. The Bertz CT molecular complexity index is 1460. The van der Waals surface area contributed by atoms with Crippen LogP contribution in [0.2, 0.25) is 0 Å².